The summed E-state index contributed by atoms with van der Waals surface area (Å²) in [6, 6.07) is 3.99. The fourth-order valence-electron chi connectivity index (χ4n) is 1.38. The Morgan fingerprint density at radius 3 is 2.94 bits per heavy atom. The van der Waals surface area contributed by atoms with Gasteiger partial charge in [-0.25, -0.2) is 0 Å². The van der Waals surface area contributed by atoms with Crippen molar-refractivity contribution in [3.8, 4) is 0 Å². The van der Waals surface area contributed by atoms with Crippen LogP contribution in [0.25, 0.3) is 0 Å². The van der Waals surface area contributed by atoms with Gasteiger partial charge in [-0.15, -0.1) is 11.3 Å². The standard InChI is InChI=1S/C13H23NO3S/c1-3-13(2,16)10-14-7-11(15)8-17-9-12-5-4-6-18-12/h4-6,11,14-16H,3,7-10H2,1-2H3. The molecule has 18 heavy (non-hydrogen) atoms. The van der Waals surface area contributed by atoms with Gasteiger partial charge in [-0.2, -0.15) is 0 Å². The normalized spacial score (nSPS) is 16.4. The van der Waals surface area contributed by atoms with E-state index in [-0.39, 0.29) is 0 Å². The third kappa shape index (κ3) is 6.47. The first-order chi connectivity index (χ1) is 8.53. The molecule has 0 aliphatic carbocycles. The SMILES string of the molecule is CCC(C)(O)CNCC(O)COCc1cccs1. The van der Waals surface area contributed by atoms with Crippen molar-refractivity contribution in [2.75, 3.05) is 19.7 Å². The zero-order valence-corrected chi connectivity index (χ0v) is 11.9. The molecular weight excluding hydrogens is 250 g/mol. The molecule has 3 N–H and O–H groups in total. The van der Waals surface area contributed by atoms with Crippen LogP contribution in [0.4, 0.5) is 0 Å². The summed E-state index contributed by atoms with van der Waals surface area (Å²) in [5.74, 6) is 0. The minimum Gasteiger partial charge on any atom is -0.389 e. The van der Waals surface area contributed by atoms with Crippen molar-refractivity contribution in [3.05, 3.63) is 22.4 Å². The smallest absolute Gasteiger partial charge is 0.0897 e. The molecule has 1 aromatic heterocycles. The largest absolute Gasteiger partial charge is 0.389 e. The Morgan fingerprint density at radius 2 is 2.33 bits per heavy atom. The highest BCUT2D eigenvalue weighted by Crippen LogP contribution is 2.09. The quantitative estimate of drug-likeness (QED) is 0.636. The van der Waals surface area contributed by atoms with Crippen molar-refractivity contribution in [1.82, 2.24) is 5.32 Å². The summed E-state index contributed by atoms with van der Waals surface area (Å²) < 4.78 is 5.41. The lowest BCUT2D eigenvalue weighted by Crippen LogP contribution is -2.41. The van der Waals surface area contributed by atoms with Crippen LogP contribution in [0.15, 0.2) is 17.5 Å². The number of ether oxygens (including phenoxy) is 1. The summed E-state index contributed by atoms with van der Waals surface area (Å²) >= 11 is 1.64. The van der Waals surface area contributed by atoms with Crippen molar-refractivity contribution in [2.24, 2.45) is 0 Å². The van der Waals surface area contributed by atoms with Gasteiger partial charge in [0.05, 0.1) is 24.9 Å². The summed E-state index contributed by atoms with van der Waals surface area (Å²) in [6.07, 6.45) is 0.142. The summed E-state index contributed by atoms with van der Waals surface area (Å²) in [5.41, 5.74) is -0.711. The Labute approximate surface area is 113 Å². The van der Waals surface area contributed by atoms with Crippen molar-refractivity contribution < 1.29 is 14.9 Å². The molecule has 1 aromatic rings. The van der Waals surface area contributed by atoms with Crippen LogP contribution in [0.3, 0.4) is 0 Å². The van der Waals surface area contributed by atoms with E-state index in [0.29, 0.717) is 32.7 Å². The van der Waals surface area contributed by atoms with Gasteiger partial charge >= 0.3 is 0 Å². The Morgan fingerprint density at radius 1 is 1.56 bits per heavy atom. The molecule has 0 aliphatic rings. The predicted octanol–water partition coefficient (Wildman–Crippen LogP) is 1.38. The van der Waals surface area contributed by atoms with Crippen molar-refractivity contribution in [3.63, 3.8) is 0 Å². The number of hydrogen-bond acceptors (Lipinski definition) is 5. The van der Waals surface area contributed by atoms with Crippen LogP contribution in [0.5, 0.6) is 0 Å². The van der Waals surface area contributed by atoms with E-state index >= 15 is 0 Å². The lowest BCUT2D eigenvalue weighted by atomic mass is 10.0. The number of aliphatic hydroxyl groups is 2. The number of nitrogens with one attached hydrogen (secondary N) is 1. The van der Waals surface area contributed by atoms with E-state index in [2.05, 4.69) is 5.32 Å². The van der Waals surface area contributed by atoms with Crippen molar-refractivity contribution in [2.45, 2.75) is 38.6 Å². The maximum atomic E-state index is 9.76. The lowest BCUT2D eigenvalue weighted by molar-refractivity contribution is 0.0208. The summed E-state index contributed by atoms with van der Waals surface area (Å²) in [7, 11) is 0. The summed E-state index contributed by atoms with van der Waals surface area (Å²) in [6.45, 7) is 5.47. The number of rotatable bonds is 9. The average molecular weight is 273 g/mol. The zero-order chi connectivity index (χ0) is 13.4. The molecule has 0 amide bonds. The van der Waals surface area contributed by atoms with Crippen molar-refractivity contribution in [1.29, 1.82) is 0 Å². The van der Waals surface area contributed by atoms with Gasteiger partial charge in [0.25, 0.3) is 0 Å². The van der Waals surface area contributed by atoms with Crippen LogP contribution in [-0.2, 0) is 11.3 Å². The van der Waals surface area contributed by atoms with E-state index < -0.39 is 11.7 Å². The van der Waals surface area contributed by atoms with E-state index in [1.165, 1.54) is 0 Å². The third-order valence-electron chi connectivity index (χ3n) is 2.78. The van der Waals surface area contributed by atoms with E-state index in [1.807, 2.05) is 24.4 Å². The molecule has 0 aliphatic heterocycles. The number of thiophene rings is 1. The second-order valence-electron chi connectivity index (χ2n) is 4.73. The van der Waals surface area contributed by atoms with E-state index in [4.69, 9.17) is 4.74 Å². The molecule has 0 fully saturated rings. The van der Waals surface area contributed by atoms with Crippen LogP contribution in [0, 0.1) is 0 Å². The minimum atomic E-state index is -0.711. The molecule has 4 nitrogen and oxygen atoms in total. The third-order valence-corrected chi connectivity index (χ3v) is 3.63. The van der Waals surface area contributed by atoms with Crippen LogP contribution >= 0.6 is 11.3 Å². The predicted molar refractivity (Wildman–Crippen MR) is 73.8 cm³/mol. The Kier molecular flexibility index (Phi) is 6.81. The van der Waals surface area contributed by atoms with Gasteiger partial charge in [0.15, 0.2) is 0 Å². The second-order valence-corrected chi connectivity index (χ2v) is 5.76. The molecule has 1 rings (SSSR count). The summed E-state index contributed by atoms with van der Waals surface area (Å²) in [4.78, 5) is 1.16. The monoisotopic (exact) mass is 273 g/mol. The van der Waals surface area contributed by atoms with Gasteiger partial charge in [-0.05, 0) is 24.8 Å². The van der Waals surface area contributed by atoms with Gasteiger partial charge < -0.3 is 20.3 Å². The fourth-order valence-corrected chi connectivity index (χ4v) is 2.02. The Hall–Kier alpha value is -0.460. The minimum absolute atomic E-state index is 0.305. The fraction of sp³-hybridized carbons (Fsp3) is 0.692. The molecule has 0 saturated heterocycles. The molecule has 2 unspecified atom stereocenters. The first-order valence-electron chi connectivity index (χ1n) is 6.25. The van der Waals surface area contributed by atoms with Gasteiger partial charge in [-0.3, -0.25) is 0 Å². The van der Waals surface area contributed by atoms with E-state index in [0.717, 1.165) is 4.88 Å². The molecule has 0 spiro atoms. The highest BCUT2D eigenvalue weighted by atomic mass is 32.1. The van der Waals surface area contributed by atoms with Crippen LogP contribution in [-0.4, -0.2) is 41.6 Å². The molecular formula is C13H23NO3S. The highest BCUT2D eigenvalue weighted by molar-refractivity contribution is 7.09. The lowest BCUT2D eigenvalue weighted by Gasteiger charge is -2.22. The summed E-state index contributed by atoms with van der Waals surface area (Å²) in [5, 5.41) is 24.5. The zero-order valence-electron chi connectivity index (χ0n) is 11.1. The van der Waals surface area contributed by atoms with Gasteiger partial charge in [0.2, 0.25) is 0 Å². The Balaban J connectivity index is 2.05. The first-order valence-corrected chi connectivity index (χ1v) is 7.13. The molecule has 104 valence electrons. The molecule has 0 radical (unpaired) electrons. The van der Waals surface area contributed by atoms with Gasteiger partial charge in [0.1, 0.15) is 0 Å². The van der Waals surface area contributed by atoms with E-state index in [1.54, 1.807) is 18.3 Å². The number of hydrogen-bond donors (Lipinski definition) is 3. The maximum absolute atomic E-state index is 9.76. The second kappa shape index (κ2) is 7.86. The first kappa shape index (κ1) is 15.6. The molecule has 1 heterocycles. The number of aliphatic hydroxyl groups excluding tert-OH is 1. The topological polar surface area (TPSA) is 61.7 Å². The average Bonchev–Trinajstić information content (AvgIpc) is 2.82. The van der Waals surface area contributed by atoms with Gasteiger partial charge in [0, 0.05) is 18.0 Å². The molecule has 0 bridgehead atoms. The van der Waals surface area contributed by atoms with E-state index in [9.17, 15) is 10.2 Å². The molecule has 2 atom stereocenters. The van der Waals surface area contributed by atoms with Crippen molar-refractivity contribution >= 4 is 11.3 Å². The Bertz CT molecular complexity index is 314. The molecule has 0 saturated carbocycles. The van der Waals surface area contributed by atoms with Gasteiger partial charge in [-0.1, -0.05) is 13.0 Å². The molecule has 0 aromatic carbocycles. The van der Waals surface area contributed by atoms with Crippen LogP contribution in [0.1, 0.15) is 25.1 Å². The van der Waals surface area contributed by atoms with Crippen LogP contribution in [0.2, 0.25) is 0 Å². The van der Waals surface area contributed by atoms with Crippen LogP contribution < -0.4 is 5.32 Å². The highest BCUT2D eigenvalue weighted by Gasteiger charge is 2.17. The molecule has 5 heteroatoms. The maximum Gasteiger partial charge on any atom is 0.0897 e.